The van der Waals surface area contributed by atoms with Crippen molar-refractivity contribution in [2.24, 2.45) is 0 Å². The fourth-order valence-corrected chi connectivity index (χ4v) is 2.04. The van der Waals surface area contributed by atoms with Crippen molar-refractivity contribution in [3.05, 3.63) is 0 Å². The molecule has 1 aliphatic heterocycles. The Balaban J connectivity index is 2.34. The number of aliphatic hydroxyl groups is 1. The van der Waals surface area contributed by atoms with Crippen LogP contribution in [-0.2, 0) is 0 Å². The molecule has 3 heteroatoms. The quantitative estimate of drug-likeness (QED) is 0.726. The Bertz CT molecular complexity index is 163. The third kappa shape index (κ3) is 3.23. The zero-order valence-corrected chi connectivity index (χ0v) is 9.74. The van der Waals surface area contributed by atoms with Gasteiger partial charge in [0.2, 0.25) is 0 Å². The molecule has 0 aliphatic carbocycles. The number of nitrogens with zero attached hydrogens (tertiary/aromatic N) is 2. The number of piperazine rings is 1. The molecule has 0 spiro atoms. The van der Waals surface area contributed by atoms with E-state index in [4.69, 9.17) is 0 Å². The molecule has 0 saturated carbocycles. The van der Waals surface area contributed by atoms with E-state index in [1.165, 1.54) is 6.42 Å². The maximum Gasteiger partial charge on any atom is 0.0664 e. The summed E-state index contributed by atoms with van der Waals surface area (Å²) in [5.41, 5.74) is 0. The maximum atomic E-state index is 9.58. The number of hydrogen-bond donors (Lipinski definition) is 1. The van der Waals surface area contributed by atoms with Crippen LogP contribution < -0.4 is 0 Å². The van der Waals surface area contributed by atoms with Crippen LogP contribution in [0, 0.1) is 0 Å². The summed E-state index contributed by atoms with van der Waals surface area (Å²) in [5.74, 6) is 0. The molecule has 2 unspecified atom stereocenters. The van der Waals surface area contributed by atoms with E-state index in [2.05, 4.69) is 23.8 Å². The van der Waals surface area contributed by atoms with Gasteiger partial charge in [0, 0.05) is 32.2 Å². The second-order valence-corrected chi connectivity index (χ2v) is 4.36. The largest absolute Gasteiger partial charge is 0.392 e. The van der Waals surface area contributed by atoms with Gasteiger partial charge in [0.15, 0.2) is 0 Å². The third-order valence-corrected chi connectivity index (χ3v) is 3.27. The van der Waals surface area contributed by atoms with Crippen LogP contribution in [0.2, 0.25) is 0 Å². The molecule has 1 rings (SSSR count). The summed E-state index contributed by atoms with van der Waals surface area (Å²) in [5, 5.41) is 9.58. The monoisotopic (exact) mass is 200 g/mol. The summed E-state index contributed by atoms with van der Waals surface area (Å²) in [4.78, 5) is 4.82. The lowest BCUT2D eigenvalue weighted by molar-refractivity contribution is 0.0494. The first kappa shape index (κ1) is 12.0. The average Bonchev–Trinajstić information content (AvgIpc) is 2.20. The van der Waals surface area contributed by atoms with Crippen molar-refractivity contribution in [3.63, 3.8) is 0 Å². The standard InChI is InChI=1S/C11H24N2O/c1-4-10-8-13(7-6-12(10)3)9-11(14)5-2/h10-11,14H,4-9H2,1-3H3. The van der Waals surface area contributed by atoms with Crippen LogP contribution in [0.3, 0.4) is 0 Å². The van der Waals surface area contributed by atoms with Crippen molar-refractivity contribution in [1.82, 2.24) is 9.80 Å². The molecular weight excluding hydrogens is 176 g/mol. The second kappa shape index (κ2) is 5.69. The molecule has 2 atom stereocenters. The van der Waals surface area contributed by atoms with E-state index >= 15 is 0 Å². The molecule has 1 heterocycles. The first-order chi connectivity index (χ1) is 6.67. The van der Waals surface area contributed by atoms with Crippen LogP contribution in [0.5, 0.6) is 0 Å². The van der Waals surface area contributed by atoms with E-state index in [0.717, 1.165) is 32.6 Å². The highest BCUT2D eigenvalue weighted by Crippen LogP contribution is 2.11. The summed E-state index contributed by atoms with van der Waals surface area (Å²) >= 11 is 0. The van der Waals surface area contributed by atoms with Gasteiger partial charge in [0.1, 0.15) is 0 Å². The average molecular weight is 200 g/mol. The van der Waals surface area contributed by atoms with Crippen molar-refractivity contribution in [2.75, 3.05) is 33.2 Å². The van der Waals surface area contributed by atoms with Gasteiger partial charge in [-0.05, 0) is 19.9 Å². The molecule has 1 N–H and O–H groups in total. The van der Waals surface area contributed by atoms with Crippen molar-refractivity contribution >= 4 is 0 Å². The number of rotatable bonds is 4. The Morgan fingerprint density at radius 2 is 2.07 bits per heavy atom. The minimum Gasteiger partial charge on any atom is -0.392 e. The smallest absolute Gasteiger partial charge is 0.0664 e. The van der Waals surface area contributed by atoms with Gasteiger partial charge >= 0.3 is 0 Å². The first-order valence-electron chi connectivity index (χ1n) is 5.78. The van der Waals surface area contributed by atoms with E-state index in [1.54, 1.807) is 0 Å². The van der Waals surface area contributed by atoms with E-state index in [0.29, 0.717) is 6.04 Å². The maximum absolute atomic E-state index is 9.58. The summed E-state index contributed by atoms with van der Waals surface area (Å²) in [7, 11) is 2.20. The fourth-order valence-electron chi connectivity index (χ4n) is 2.04. The molecule has 84 valence electrons. The molecule has 1 saturated heterocycles. The minimum absolute atomic E-state index is 0.143. The highest BCUT2D eigenvalue weighted by Gasteiger charge is 2.23. The van der Waals surface area contributed by atoms with E-state index < -0.39 is 0 Å². The van der Waals surface area contributed by atoms with Gasteiger partial charge in [-0.15, -0.1) is 0 Å². The fraction of sp³-hybridized carbons (Fsp3) is 1.00. The molecule has 1 fully saturated rings. The molecular formula is C11H24N2O. The Labute approximate surface area is 87.7 Å². The molecule has 0 aromatic rings. The lowest BCUT2D eigenvalue weighted by atomic mass is 10.1. The van der Waals surface area contributed by atoms with Gasteiger partial charge in [-0.1, -0.05) is 13.8 Å². The van der Waals surface area contributed by atoms with Gasteiger partial charge < -0.3 is 10.0 Å². The Hall–Kier alpha value is -0.120. The normalized spacial score (nSPS) is 27.9. The Morgan fingerprint density at radius 1 is 1.36 bits per heavy atom. The molecule has 0 aromatic heterocycles. The predicted molar refractivity (Wildman–Crippen MR) is 59.4 cm³/mol. The predicted octanol–water partition coefficient (Wildman–Crippen LogP) is 0.783. The third-order valence-electron chi connectivity index (χ3n) is 3.27. The van der Waals surface area contributed by atoms with Gasteiger partial charge in [-0.25, -0.2) is 0 Å². The number of aliphatic hydroxyl groups excluding tert-OH is 1. The molecule has 3 nitrogen and oxygen atoms in total. The zero-order valence-electron chi connectivity index (χ0n) is 9.74. The lowest BCUT2D eigenvalue weighted by Crippen LogP contribution is -2.52. The van der Waals surface area contributed by atoms with Crippen molar-refractivity contribution < 1.29 is 5.11 Å². The molecule has 0 amide bonds. The summed E-state index contributed by atoms with van der Waals surface area (Å²) in [6, 6.07) is 0.674. The van der Waals surface area contributed by atoms with Gasteiger partial charge in [-0.3, -0.25) is 4.90 Å². The van der Waals surface area contributed by atoms with Crippen molar-refractivity contribution in [3.8, 4) is 0 Å². The van der Waals surface area contributed by atoms with Gasteiger partial charge in [0.05, 0.1) is 6.10 Å². The Morgan fingerprint density at radius 3 is 2.64 bits per heavy atom. The van der Waals surface area contributed by atoms with Crippen LogP contribution in [0.15, 0.2) is 0 Å². The second-order valence-electron chi connectivity index (χ2n) is 4.36. The molecule has 0 bridgehead atoms. The molecule has 1 aliphatic rings. The van der Waals surface area contributed by atoms with E-state index in [1.807, 2.05) is 6.92 Å². The van der Waals surface area contributed by atoms with E-state index in [-0.39, 0.29) is 6.10 Å². The number of likely N-dealkylation sites (N-methyl/N-ethyl adjacent to an activating group) is 1. The van der Waals surface area contributed by atoms with Gasteiger partial charge in [0.25, 0.3) is 0 Å². The van der Waals surface area contributed by atoms with Crippen molar-refractivity contribution in [2.45, 2.75) is 38.8 Å². The zero-order chi connectivity index (χ0) is 10.6. The van der Waals surface area contributed by atoms with Crippen LogP contribution in [0.25, 0.3) is 0 Å². The van der Waals surface area contributed by atoms with Crippen molar-refractivity contribution in [1.29, 1.82) is 0 Å². The summed E-state index contributed by atoms with van der Waals surface area (Å²) in [6.45, 7) is 8.48. The highest BCUT2D eigenvalue weighted by atomic mass is 16.3. The van der Waals surface area contributed by atoms with Crippen LogP contribution >= 0.6 is 0 Å². The van der Waals surface area contributed by atoms with Gasteiger partial charge in [-0.2, -0.15) is 0 Å². The highest BCUT2D eigenvalue weighted by molar-refractivity contribution is 4.80. The Kier molecular flexibility index (Phi) is 4.85. The lowest BCUT2D eigenvalue weighted by Gasteiger charge is -2.39. The SMILES string of the molecule is CCC(O)CN1CCN(C)C(CC)C1. The summed E-state index contributed by atoms with van der Waals surface area (Å²) in [6.07, 6.45) is 1.93. The molecule has 0 radical (unpaired) electrons. The summed E-state index contributed by atoms with van der Waals surface area (Å²) < 4.78 is 0. The molecule has 14 heavy (non-hydrogen) atoms. The molecule has 0 aromatic carbocycles. The number of β-amino-alcohol motifs (C(OH)–C–C–N with tert-alkyl or cyclic N) is 1. The minimum atomic E-state index is -0.143. The topological polar surface area (TPSA) is 26.7 Å². The van der Waals surface area contributed by atoms with Crippen LogP contribution in [0.4, 0.5) is 0 Å². The van der Waals surface area contributed by atoms with E-state index in [9.17, 15) is 5.11 Å². The first-order valence-corrected chi connectivity index (χ1v) is 5.78. The number of hydrogen-bond acceptors (Lipinski definition) is 3. The van der Waals surface area contributed by atoms with Crippen LogP contribution in [0.1, 0.15) is 26.7 Å². The van der Waals surface area contributed by atoms with Crippen LogP contribution in [-0.4, -0.2) is 60.3 Å².